The first-order valence-electron chi connectivity index (χ1n) is 9.15. The number of nitrogens with zero attached hydrogens (tertiary/aromatic N) is 3. The van der Waals surface area contributed by atoms with E-state index < -0.39 is 0 Å². The molecule has 0 radical (unpaired) electrons. The van der Waals surface area contributed by atoms with Crippen molar-refractivity contribution in [1.29, 1.82) is 0 Å². The van der Waals surface area contributed by atoms with E-state index in [0.717, 1.165) is 58.4 Å². The number of morpholine rings is 1. The summed E-state index contributed by atoms with van der Waals surface area (Å²) in [5.41, 5.74) is 0. The summed E-state index contributed by atoms with van der Waals surface area (Å²) in [4.78, 5) is 7.35. The zero-order valence-corrected chi connectivity index (χ0v) is 15.4. The third kappa shape index (κ3) is 6.17. The van der Waals surface area contributed by atoms with E-state index in [9.17, 15) is 0 Å². The number of aromatic nitrogens is 1. The Labute approximate surface area is 146 Å². The topological polar surface area (TPSA) is 53.8 Å². The van der Waals surface area contributed by atoms with E-state index in [1.165, 1.54) is 0 Å². The van der Waals surface area contributed by atoms with Gasteiger partial charge in [-0.3, -0.25) is 9.89 Å². The summed E-state index contributed by atoms with van der Waals surface area (Å²) in [6, 6.07) is 4.57. The van der Waals surface area contributed by atoms with Crippen LogP contribution in [0.25, 0.3) is 0 Å². The Morgan fingerprint density at radius 3 is 2.50 bits per heavy atom. The lowest BCUT2D eigenvalue weighted by Crippen LogP contribution is -2.48. The van der Waals surface area contributed by atoms with Crippen LogP contribution in [0.15, 0.2) is 29.5 Å². The molecule has 6 nitrogen and oxygen atoms in total. The average Bonchev–Trinajstić information content (AvgIpc) is 3.09. The van der Waals surface area contributed by atoms with Gasteiger partial charge in [0.15, 0.2) is 5.96 Å². The Morgan fingerprint density at radius 1 is 1.17 bits per heavy atom. The third-order valence-electron chi connectivity index (χ3n) is 4.39. The summed E-state index contributed by atoms with van der Waals surface area (Å²) in [6.45, 7) is 13.8. The molecule has 24 heavy (non-hydrogen) atoms. The van der Waals surface area contributed by atoms with Crippen LogP contribution in [-0.2, 0) is 11.3 Å². The molecule has 0 saturated carbocycles. The van der Waals surface area contributed by atoms with Crippen LogP contribution in [0.3, 0.4) is 0 Å². The lowest BCUT2D eigenvalue weighted by Gasteiger charge is -2.36. The predicted octanol–water partition coefficient (Wildman–Crippen LogP) is 1.40. The van der Waals surface area contributed by atoms with Gasteiger partial charge in [-0.15, -0.1) is 0 Å². The van der Waals surface area contributed by atoms with Crippen LogP contribution in [0.5, 0.6) is 0 Å². The zero-order valence-electron chi connectivity index (χ0n) is 15.4. The fourth-order valence-corrected chi connectivity index (χ4v) is 3.01. The first kappa shape index (κ1) is 18.8. The Balaban J connectivity index is 1.86. The molecule has 6 heteroatoms. The van der Waals surface area contributed by atoms with E-state index in [-0.39, 0.29) is 0 Å². The zero-order chi connectivity index (χ0) is 17.2. The molecule has 1 aromatic heterocycles. The monoisotopic (exact) mass is 335 g/mol. The molecule has 1 aliphatic heterocycles. The number of guanidine groups is 1. The first-order valence-corrected chi connectivity index (χ1v) is 9.15. The molecule has 0 aromatic carbocycles. The van der Waals surface area contributed by atoms with Crippen molar-refractivity contribution in [2.75, 3.05) is 45.9 Å². The molecule has 1 saturated heterocycles. The van der Waals surface area contributed by atoms with Crippen molar-refractivity contribution < 1.29 is 4.74 Å². The van der Waals surface area contributed by atoms with Crippen LogP contribution in [0.1, 0.15) is 20.8 Å². The Kier molecular flexibility index (Phi) is 8.12. The van der Waals surface area contributed by atoms with Gasteiger partial charge in [-0.05, 0) is 25.0 Å². The van der Waals surface area contributed by atoms with Crippen molar-refractivity contribution in [3.63, 3.8) is 0 Å². The minimum absolute atomic E-state index is 0.466. The van der Waals surface area contributed by atoms with E-state index in [2.05, 4.69) is 65.4 Å². The SMILES string of the molecule is CCNC(=NCC(C(C)C)N1CCOCC1)NCCn1cccc1. The van der Waals surface area contributed by atoms with Gasteiger partial charge in [0, 0.05) is 51.2 Å². The highest BCUT2D eigenvalue weighted by molar-refractivity contribution is 5.79. The van der Waals surface area contributed by atoms with Gasteiger partial charge in [0.25, 0.3) is 0 Å². The summed E-state index contributed by atoms with van der Waals surface area (Å²) < 4.78 is 7.65. The van der Waals surface area contributed by atoms with Crippen molar-refractivity contribution in [2.45, 2.75) is 33.4 Å². The lowest BCUT2D eigenvalue weighted by molar-refractivity contribution is 0.00867. The quantitative estimate of drug-likeness (QED) is 0.557. The van der Waals surface area contributed by atoms with E-state index >= 15 is 0 Å². The second kappa shape index (κ2) is 10.4. The molecule has 0 bridgehead atoms. The van der Waals surface area contributed by atoms with Crippen LogP contribution in [0, 0.1) is 5.92 Å². The lowest BCUT2D eigenvalue weighted by atomic mass is 10.0. The Hall–Kier alpha value is -1.53. The van der Waals surface area contributed by atoms with Gasteiger partial charge in [-0.2, -0.15) is 0 Å². The van der Waals surface area contributed by atoms with Gasteiger partial charge in [-0.25, -0.2) is 0 Å². The molecule has 1 atom stereocenters. The summed E-state index contributed by atoms with van der Waals surface area (Å²) in [5, 5.41) is 6.78. The predicted molar refractivity (Wildman–Crippen MR) is 99.4 cm³/mol. The molecule has 136 valence electrons. The number of rotatable bonds is 8. The molecule has 2 heterocycles. The molecule has 0 spiro atoms. The number of nitrogens with one attached hydrogen (secondary N) is 2. The standard InChI is InChI=1S/C18H33N5O/c1-4-19-18(20-7-10-22-8-5-6-9-22)21-15-17(16(2)3)23-11-13-24-14-12-23/h5-6,8-9,16-17H,4,7,10-15H2,1-3H3,(H2,19,20,21). The second-order valence-corrected chi connectivity index (χ2v) is 6.53. The molecule has 2 rings (SSSR count). The highest BCUT2D eigenvalue weighted by Crippen LogP contribution is 2.13. The maximum atomic E-state index is 5.48. The fraction of sp³-hybridized carbons (Fsp3) is 0.722. The summed E-state index contributed by atoms with van der Waals surface area (Å²) in [6.07, 6.45) is 4.16. The molecule has 1 fully saturated rings. The van der Waals surface area contributed by atoms with Crippen molar-refractivity contribution in [1.82, 2.24) is 20.1 Å². The molecule has 1 unspecified atom stereocenters. The summed E-state index contributed by atoms with van der Waals surface area (Å²) in [7, 11) is 0. The van der Waals surface area contributed by atoms with Gasteiger partial charge in [0.1, 0.15) is 0 Å². The molecule has 0 aliphatic carbocycles. The van der Waals surface area contributed by atoms with Gasteiger partial charge in [0.2, 0.25) is 0 Å². The van der Waals surface area contributed by atoms with E-state index in [4.69, 9.17) is 9.73 Å². The van der Waals surface area contributed by atoms with Gasteiger partial charge < -0.3 is 19.9 Å². The highest BCUT2D eigenvalue weighted by Gasteiger charge is 2.23. The Morgan fingerprint density at radius 2 is 1.88 bits per heavy atom. The number of hydrogen-bond donors (Lipinski definition) is 2. The van der Waals surface area contributed by atoms with Gasteiger partial charge in [0.05, 0.1) is 19.8 Å². The minimum Gasteiger partial charge on any atom is -0.379 e. The molecule has 0 amide bonds. The van der Waals surface area contributed by atoms with Crippen molar-refractivity contribution in [3.05, 3.63) is 24.5 Å². The second-order valence-electron chi connectivity index (χ2n) is 6.53. The molecular formula is C18H33N5O. The normalized spacial score (nSPS) is 17.9. The van der Waals surface area contributed by atoms with Crippen molar-refractivity contribution >= 4 is 5.96 Å². The molecular weight excluding hydrogens is 302 g/mol. The molecule has 2 N–H and O–H groups in total. The smallest absolute Gasteiger partial charge is 0.191 e. The highest BCUT2D eigenvalue weighted by atomic mass is 16.5. The first-order chi connectivity index (χ1) is 11.7. The number of ether oxygens (including phenoxy) is 1. The Bertz CT molecular complexity index is 466. The minimum atomic E-state index is 0.466. The van der Waals surface area contributed by atoms with Gasteiger partial charge >= 0.3 is 0 Å². The van der Waals surface area contributed by atoms with Crippen LogP contribution in [0.2, 0.25) is 0 Å². The number of aliphatic imine (C=N–C) groups is 1. The van der Waals surface area contributed by atoms with Crippen LogP contribution < -0.4 is 10.6 Å². The van der Waals surface area contributed by atoms with Gasteiger partial charge in [-0.1, -0.05) is 13.8 Å². The van der Waals surface area contributed by atoms with Crippen LogP contribution in [0.4, 0.5) is 0 Å². The summed E-state index contributed by atoms with van der Waals surface area (Å²) in [5.74, 6) is 1.48. The molecule has 1 aromatic rings. The third-order valence-corrected chi connectivity index (χ3v) is 4.39. The summed E-state index contributed by atoms with van der Waals surface area (Å²) >= 11 is 0. The largest absolute Gasteiger partial charge is 0.379 e. The molecule has 1 aliphatic rings. The fourth-order valence-electron chi connectivity index (χ4n) is 3.01. The van der Waals surface area contributed by atoms with Crippen molar-refractivity contribution in [2.24, 2.45) is 10.9 Å². The van der Waals surface area contributed by atoms with Crippen molar-refractivity contribution in [3.8, 4) is 0 Å². The van der Waals surface area contributed by atoms with E-state index in [1.54, 1.807) is 0 Å². The van der Waals surface area contributed by atoms with E-state index in [0.29, 0.717) is 12.0 Å². The maximum absolute atomic E-state index is 5.48. The van der Waals surface area contributed by atoms with Crippen LogP contribution >= 0.6 is 0 Å². The van der Waals surface area contributed by atoms with E-state index in [1.807, 2.05) is 0 Å². The van der Waals surface area contributed by atoms with Crippen LogP contribution in [-0.4, -0.2) is 67.4 Å². The number of hydrogen-bond acceptors (Lipinski definition) is 3. The maximum Gasteiger partial charge on any atom is 0.191 e. The average molecular weight is 335 g/mol.